The van der Waals surface area contributed by atoms with Gasteiger partial charge in [-0.1, -0.05) is 156 Å². The zero-order valence-corrected chi connectivity index (χ0v) is 34.5. The molecule has 0 radical (unpaired) electrons. The van der Waals surface area contributed by atoms with Gasteiger partial charge in [0.2, 0.25) is 0 Å². The summed E-state index contributed by atoms with van der Waals surface area (Å²) in [4.78, 5) is 26.9. The van der Waals surface area contributed by atoms with Crippen molar-refractivity contribution in [2.24, 2.45) is 5.92 Å². The minimum atomic E-state index is -0.0929. The first-order chi connectivity index (χ1) is 25.1. The highest BCUT2D eigenvalue weighted by molar-refractivity contribution is 5.69. The zero-order valence-electron chi connectivity index (χ0n) is 34.5. The molecule has 0 atom stereocenters. The number of rotatable bonds is 42. The Morgan fingerprint density at radius 1 is 0.510 bits per heavy atom. The van der Waals surface area contributed by atoms with Crippen LogP contribution < -0.4 is 5.32 Å². The second-order valence-corrected chi connectivity index (χ2v) is 15.3. The highest BCUT2D eigenvalue weighted by Crippen LogP contribution is 2.20. The predicted octanol–water partition coefficient (Wildman–Crippen LogP) is 11.3. The average molecular weight is 725 g/mol. The quantitative estimate of drug-likeness (QED) is 0.0478. The van der Waals surface area contributed by atoms with Gasteiger partial charge < -0.3 is 24.8 Å². The number of unbranched alkanes of at least 4 members (excludes halogenated alkanes) is 20. The molecule has 7 nitrogen and oxygen atoms in total. The lowest BCUT2D eigenvalue weighted by molar-refractivity contribution is -0.145. The van der Waals surface area contributed by atoms with E-state index in [-0.39, 0.29) is 18.5 Å². The van der Waals surface area contributed by atoms with E-state index in [2.05, 4.69) is 31.0 Å². The fourth-order valence-corrected chi connectivity index (χ4v) is 6.86. The monoisotopic (exact) mass is 725 g/mol. The molecular formula is C44H88N2O5. The summed E-state index contributed by atoms with van der Waals surface area (Å²) >= 11 is 0. The van der Waals surface area contributed by atoms with Gasteiger partial charge in [0.15, 0.2) is 0 Å². The molecule has 51 heavy (non-hydrogen) atoms. The Balaban J connectivity index is 3.90. The van der Waals surface area contributed by atoms with Crippen LogP contribution in [0.3, 0.4) is 0 Å². The van der Waals surface area contributed by atoms with E-state index in [1.807, 2.05) is 0 Å². The third-order valence-corrected chi connectivity index (χ3v) is 10.3. The van der Waals surface area contributed by atoms with Gasteiger partial charge in [0.05, 0.1) is 19.8 Å². The van der Waals surface area contributed by atoms with E-state index in [9.17, 15) is 14.7 Å². The zero-order chi connectivity index (χ0) is 37.3. The largest absolute Gasteiger partial charge is 0.466 e. The third-order valence-electron chi connectivity index (χ3n) is 10.3. The normalized spacial score (nSPS) is 11.6. The maximum absolute atomic E-state index is 12.5. The molecule has 0 aliphatic carbocycles. The first-order valence-electron chi connectivity index (χ1n) is 22.4. The van der Waals surface area contributed by atoms with Gasteiger partial charge in [-0.3, -0.25) is 9.59 Å². The van der Waals surface area contributed by atoms with Crippen LogP contribution in [0, 0.1) is 5.92 Å². The van der Waals surface area contributed by atoms with Gasteiger partial charge in [-0.05, 0) is 77.0 Å². The number of hydrogen-bond donors (Lipinski definition) is 2. The van der Waals surface area contributed by atoms with Crippen LogP contribution >= 0.6 is 0 Å². The van der Waals surface area contributed by atoms with E-state index in [1.54, 1.807) is 0 Å². The number of ether oxygens (including phenoxy) is 2. The van der Waals surface area contributed by atoms with Crippen LogP contribution in [-0.4, -0.2) is 74.5 Å². The Morgan fingerprint density at radius 2 is 0.961 bits per heavy atom. The molecule has 2 N–H and O–H groups in total. The van der Waals surface area contributed by atoms with Crippen LogP contribution in [0.15, 0.2) is 0 Å². The van der Waals surface area contributed by atoms with Crippen LogP contribution in [0.1, 0.15) is 213 Å². The van der Waals surface area contributed by atoms with Gasteiger partial charge in [-0.25, -0.2) is 0 Å². The van der Waals surface area contributed by atoms with Gasteiger partial charge in [0.1, 0.15) is 0 Å². The van der Waals surface area contributed by atoms with Crippen LogP contribution in [0.2, 0.25) is 0 Å². The fourth-order valence-electron chi connectivity index (χ4n) is 6.86. The minimum absolute atomic E-state index is 0.0186. The number of hydrogen-bond acceptors (Lipinski definition) is 7. The van der Waals surface area contributed by atoms with Gasteiger partial charge >= 0.3 is 11.9 Å². The molecule has 0 fully saturated rings. The molecule has 304 valence electrons. The van der Waals surface area contributed by atoms with Gasteiger partial charge in [-0.2, -0.15) is 0 Å². The van der Waals surface area contributed by atoms with E-state index < -0.39 is 0 Å². The average Bonchev–Trinajstić information content (AvgIpc) is 3.13. The fraction of sp³-hybridized carbons (Fsp3) is 0.955. The molecule has 0 aliphatic rings. The number of carbonyl (C=O) groups excluding carboxylic acids is 2. The van der Waals surface area contributed by atoms with E-state index >= 15 is 0 Å². The third kappa shape index (κ3) is 38.4. The minimum Gasteiger partial charge on any atom is -0.466 e. The topological polar surface area (TPSA) is 88.1 Å². The number of aliphatic hydroxyl groups excluding tert-OH is 1. The molecular weight excluding hydrogens is 636 g/mol. The Labute approximate surface area is 317 Å². The molecule has 0 saturated carbocycles. The smallest absolute Gasteiger partial charge is 0.305 e. The van der Waals surface area contributed by atoms with Gasteiger partial charge in [-0.15, -0.1) is 0 Å². The summed E-state index contributed by atoms with van der Waals surface area (Å²) < 4.78 is 11.2. The van der Waals surface area contributed by atoms with Crippen molar-refractivity contribution in [3.63, 3.8) is 0 Å². The second-order valence-electron chi connectivity index (χ2n) is 15.3. The van der Waals surface area contributed by atoms with Crippen molar-refractivity contribution in [2.75, 3.05) is 52.5 Å². The Morgan fingerprint density at radius 3 is 1.53 bits per heavy atom. The van der Waals surface area contributed by atoms with Crippen LogP contribution in [0.5, 0.6) is 0 Å². The van der Waals surface area contributed by atoms with Crippen molar-refractivity contribution >= 4 is 11.9 Å². The highest BCUT2D eigenvalue weighted by atomic mass is 16.5. The number of esters is 2. The summed E-state index contributed by atoms with van der Waals surface area (Å²) in [5, 5.41) is 13.0. The molecule has 0 amide bonds. The first-order valence-corrected chi connectivity index (χ1v) is 22.4. The summed E-state index contributed by atoms with van der Waals surface area (Å²) in [6, 6.07) is 0. The SMILES string of the molecule is CCCCCCCCCCCOC(=O)CCCN(CCO)CCCNCCCCCC(=O)OCC(CCCCCCCC)CCCCCCCC. The van der Waals surface area contributed by atoms with Crippen molar-refractivity contribution in [2.45, 2.75) is 213 Å². The number of aliphatic hydroxyl groups is 1. The van der Waals surface area contributed by atoms with Crippen LogP contribution in [0.4, 0.5) is 0 Å². The van der Waals surface area contributed by atoms with Crippen LogP contribution in [0.25, 0.3) is 0 Å². The summed E-state index contributed by atoms with van der Waals surface area (Å²) in [7, 11) is 0. The molecule has 0 heterocycles. The van der Waals surface area contributed by atoms with Crippen molar-refractivity contribution in [3.8, 4) is 0 Å². The Hall–Kier alpha value is -1.18. The molecule has 7 heteroatoms. The molecule has 0 aromatic rings. The van der Waals surface area contributed by atoms with Crippen molar-refractivity contribution < 1.29 is 24.2 Å². The van der Waals surface area contributed by atoms with Crippen molar-refractivity contribution in [3.05, 3.63) is 0 Å². The number of nitrogens with zero attached hydrogens (tertiary/aromatic N) is 1. The lowest BCUT2D eigenvalue weighted by atomic mass is 9.94. The maximum atomic E-state index is 12.5. The maximum Gasteiger partial charge on any atom is 0.305 e. The number of nitrogens with one attached hydrogen (secondary N) is 1. The second kappa shape index (κ2) is 41.6. The first kappa shape index (κ1) is 49.8. The molecule has 0 bridgehead atoms. The van der Waals surface area contributed by atoms with Gasteiger partial charge in [0, 0.05) is 19.4 Å². The van der Waals surface area contributed by atoms with Crippen molar-refractivity contribution in [1.29, 1.82) is 0 Å². The summed E-state index contributed by atoms with van der Waals surface area (Å²) in [6.07, 6.45) is 35.3. The Bertz CT molecular complexity index is 706. The Kier molecular flexibility index (Phi) is 40.6. The molecule has 0 unspecified atom stereocenters. The van der Waals surface area contributed by atoms with Crippen molar-refractivity contribution in [1.82, 2.24) is 10.2 Å². The molecule has 0 rings (SSSR count). The summed E-state index contributed by atoms with van der Waals surface area (Å²) in [5.74, 6) is 0.416. The highest BCUT2D eigenvalue weighted by Gasteiger charge is 2.13. The standard InChI is InChI=1S/C44H88N2O5/c1-4-7-10-13-16-17-18-21-27-40-50-43(48)33-28-36-46(38-39-47)37-29-35-45-34-26-22-25-32-44(49)51-41-42(30-23-19-14-11-8-5-2)31-24-20-15-12-9-6-3/h42,45,47H,4-41H2,1-3H3. The molecule has 0 aliphatic heterocycles. The predicted molar refractivity (Wildman–Crippen MR) is 217 cm³/mol. The molecule has 0 aromatic carbocycles. The van der Waals surface area contributed by atoms with E-state index in [0.29, 0.717) is 38.5 Å². The van der Waals surface area contributed by atoms with E-state index in [0.717, 1.165) is 71.1 Å². The summed E-state index contributed by atoms with van der Waals surface area (Å²) in [6.45, 7) is 12.3. The van der Waals surface area contributed by atoms with E-state index in [4.69, 9.17) is 9.47 Å². The molecule has 0 saturated heterocycles. The lowest BCUT2D eigenvalue weighted by Crippen LogP contribution is -2.31. The van der Waals surface area contributed by atoms with Crippen LogP contribution in [-0.2, 0) is 19.1 Å². The molecule has 0 aromatic heterocycles. The molecule has 0 spiro atoms. The lowest BCUT2D eigenvalue weighted by Gasteiger charge is -2.21. The number of carbonyl (C=O) groups is 2. The van der Waals surface area contributed by atoms with E-state index in [1.165, 1.54) is 135 Å². The summed E-state index contributed by atoms with van der Waals surface area (Å²) in [5.41, 5.74) is 0. The van der Waals surface area contributed by atoms with Gasteiger partial charge in [0.25, 0.3) is 0 Å².